The normalized spacial score (nSPS) is 9.23. The van der Waals surface area contributed by atoms with Gasteiger partial charge in [0.1, 0.15) is 6.07 Å². The Morgan fingerprint density at radius 2 is 2.23 bits per heavy atom. The minimum Gasteiger partial charge on any atom is -0.501 e. The van der Waals surface area contributed by atoms with E-state index < -0.39 is 10.7 Å². The Morgan fingerprint density at radius 3 is 2.69 bits per heavy atom. The van der Waals surface area contributed by atoms with E-state index in [1.165, 1.54) is 6.07 Å². The third kappa shape index (κ3) is 1.70. The lowest BCUT2D eigenvalue weighted by Crippen LogP contribution is -1.91. The quantitative estimate of drug-likeness (QED) is 0.485. The summed E-state index contributed by atoms with van der Waals surface area (Å²) in [5.41, 5.74) is -0.160. The van der Waals surface area contributed by atoms with Crippen molar-refractivity contribution in [2.75, 3.05) is 0 Å². The van der Waals surface area contributed by atoms with Gasteiger partial charge in [0.2, 0.25) is 5.75 Å². The average molecular weight is 290 g/mol. The molecule has 5 nitrogen and oxygen atoms in total. The van der Waals surface area contributed by atoms with Gasteiger partial charge in [-0.05, 0) is 28.7 Å². The molecule has 0 aliphatic carbocycles. The van der Waals surface area contributed by atoms with Gasteiger partial charge in [-0.3, -0.25) is 10.1 Å². The zero-order valence-electron chi connectivity index (χ0n) is 6.19. The van der Waals surface area contributed by atoms with E-state index in [1.54, 1.807) is 22.6 Å². The summed E-state index contributed by atoms with van der Waals surface area (Å²) in [6.07, 6.45) is 0. The predicted octanol–water partition coefficient (Wildman–Crippen LogP) is 1.78. The molecule has 0 spiro atoms. The maximum Gasteiger partial charge on any atom is 0.311 e. The number of nitrogens with zero attached hydrogens (tertiary/aromatic N) is 2. The first-order valence-corrected chi connectivity index (χ1v) is 4.21. The highest BCUT2D eigenvalue weighted by Crippen LogP contribution is 2.32. The van der Waals surface area contributed by atoms with Gasteiger partial charge in [0, 0.05) is 6.07 Å². The Hall–Kier alpha value is -1.36. The summed E-state index contributed by atoms with van der Waals surface area (Å²) in [7, 11) is 0. The highest BCUT2D eigenvalue weighted by atomic mass is 127. The van der Waals surface area contributed by atoms with Crippen molar-refractivity contribution in [2.45, 2.75) is 0 Å². The van der Waals surface area contributed by atoms with Gasteiger partial charge >= 0.3 is 5.69 Å². The van der Waals surface area contributed by atoms with Gasteiger partial charge in [-0.15, -0.1) is 0 Å². The minimum atomic E-state index is -0.696. The van der Waals surface area contributed by atoms with Gasteiger partial charge < -0.3 is 5.11 Å². The number of rotatable bonds is 1. The zero-order chi connectivity index (χ0) is 10.0. The first-order chi connectivity index (χ1) is 6.07. The molecule has 0 unspecified atom stereocenters. The molecule has 0 saturated heterocycles. The zero-order valence-corrected chi connectivity index (χ0v) is 8.35. The van der Waals surface area contributed by atoms with Crippen molar-refractivity contribution in [3.05, 3.63) is 31.4 Å². The molecule has 0 saturated carbocycles. The number of aromatic hydroxyl groups is 1. The molecule has 0 aromatic heterocycles. The summed E-state index contributed by atoms with van der Waals surface area (Å²) in [5.74, 6) is -0.454. The topological polar surface area (TPSA) is 87.2 Å². The second kappa shape index (κ2) is 3.57. The molecule has 0 aliphatic heterocycles. The molecule has 66 valence electrons. The molecule has 1 aromatic carbocycles. The van der Waals surface area contributed by atoms with Crippen LogP contribution < -0.4 is 0 Å². The van der Waals surface area contributed by atoms with E-state index in [0.29, 0.717) is 0 Å². The number of halogens is 1. The minimum absolute atomic E-state index is 0.203. The molecule has 1 rings (SSSR count). The van der Waals surface area contributed by atoms with Crippen LogP contribution in [0.3, 0.4) is 0 Å². The monoisotopic (exact) mass is 290 g/mol. The number of nitriles is 1. The van der Waals surface area contributed by atoms with E-state index in [4.69, 9.17) is 5.26 Å². The van der Waals surface area contributed by atoms with Crippen molar-refractivity contribution in [3.8, 4) is 11.8 Å². The van der Waals surface area contributed by atoms with Crippen LogP contribution in [-0.4, -0.2) is 10.0 Å². The van der Waals surface area contributed by atoms with E-state index in [2.05, 4.69) is 0 Å². The van der Waals surface area contributed by atoms with Crippen molar-refractivity contribution < 1.29 is 10.0 Å². The molecule has 0 fully saturated rings. The molecule has 0 bridgehead atoms. The van der Waals surface area contributed by atoms with Gasteiger partial charge in [-0.25, -0.2) is 0 Å². The van der Waals surface area contributed by atoms with Crippen LogP contribution in [0.5, 0.6) is 5.75 Å². The number of phenols is 1. The predicted molar refractivity (Wildman–Crippen MR) is 52.2 cm³/mol. The van der Waals surface area contributed by atoms with Gasteiger partial charge in [0.25, 0.3) is 0 Å². The molecule has 0 radical (unpaired) electrons. The SMILES string of the molecule is N#Cc1ccc([N+](=O)[O-])c(O)c1I. The number of nitro benzene ring substituents is 1. The summed E-state index contributed by atoms with van der Waals surface area (Å²) in [6.45, 7) is 0. The molecule has 0 atom stereocenters. The average Bonchev–Trinajstić information content (AvgIpc) is 2.09. The van der Waals surface area contributed by atoms with Gasteiger partial charge in [0.05, 0.1) is 14.1 Å². The van der Waals surface area contributed by atoms with Crippen LogP contribution in [0.25, 0.3) is 0 Å². The standard InChI is InChI=1S/C7H3IN2O3/c8-6-4(3-9)1-2-5(7(6)11)10(12)13/h1-2,11H. The fourth-order valence-corrected chi connectivity index (χ4v) is 1.36. The third-order valence-electron chi connectivity index (χ3n) is 1.41. The Kier molecular flexibility index (Phi) is 2.67. The summed E-state index contributed by atoms with van der Waals surface area (Å²) in [6, 6.07) is 4.22. The molecule has 0 aliphatic rings. The van der Waals surface area contributed by atoms with Crippen molar-refractivity contribution in [1.82, 2.24) is 0 Å². The van der Waals surface area contributed by atoms with Crippen molar-refractivity contribution in [3.63, 3.8) is 0 Å². The Balaban J connectivity index is 3.42. The summed E-state index contributed by atoms with van der Waals surface area (Å²) in [4.78, 5) is 9.64. The third-order valence-corrected chi connectivity index (χ3v) is 2.50. The largest absolute Gasteiger partial charge is 0.501 e. The smallest absolute Gasteiger partial charge is 0.311 e. The molecule has 0 heterocycles. The lowest BCUT2D eigenvalue weighted by molar-refractivity contribution is -0.386. The van der Waals surface area contributed by atoms with Crippen LogP contribution >= 0.6 is 22.6 Å². The maximum absolute atomic E-state index is 10.3. The highest BCUT2D eigenvalue weighted by molar-refractivity contribution is 14.1. The van der Waals surface area contributed by atoms with E-state index in [-0.39, 0.29) is 14.8 Å². The maximum atomic E-state index is 10.3. The van der Waals surface area contributed by atoms with Crippen molar-refractivity contribution in [2.24, 2.45) is 0 Å². The fraction of sp³-hybridized carbons (Fsp3) is 0. The number of hydrogen-bond acceptors (Lipinski definition) is 4. The molecular formula is C7H3IN2O3. The van der Waals surface area contributed by atoms with Gasteiger partial charge in [0.15, 0.2) is 0 Å². The number of hydrogen-bond donors (Lipinski definition) is 1. The van der Waals surface area contributed by atoms with E-state index in [0.717, 1.165) is 6.07 Å². The van der Waals surface area contributed by atoms with E-state index >= 15 is 0 Å². The van der Waals surface area contributed by atoms with E-state index in [1.807, 2.05) is 6.07 Å². The molecular weight excluding hydrogens is 287 g/mol. The fourth-order valence-electron chi connectivity index (χ4n) is 0.788. The van der Waals surface area contributed by atoms with Gasteiger partial charge in [-0.1, -0.05) is 0 Å². The molecule has 13 heavy (non-hydrogen) atoms. The van der Waals surface area contributed by atoms with Gasteiger partial charge in [-0.2, -0.15) is 5.26 Å². The van der Waals surface area contributed by atoms with E-state index in [9.17, 15) is 15.2 Å². The molecule has 6 heteroatoms. The first-order valence-electron chi connectivity index (χ1n) is 3.14. The molecule has 1 aromatic rings. The number of nitro groups is 1. The molecule has 0 amide bonds. The van der Waals surface area contributed by atoms with Crippen LogP contribution in [-0.2, 0) is 0 Å². The Labute approximate surface area is 86.9 Å². The summed E-state index contributed by atoms with van der Waals surface area (Å²) >= 11 is 1.69. The van der Waals surface area contributed by atoms with Crippen molar-refractivity contribution in [1.29, 1.82) is 5.26 Å². The van der Waals surface area contributed by atoms with Crippen LogP contribution in [0, 0.1) is 25.0 Å². The highest BCUT2D eigenvalue weighted by Gasteiger charge is 2.18. The Morgan fingerprint density at radius 1 is 1.62 bits per heavy atom. The lowest BCUT2D eigenvalue weighted by Gasteiger charge is -1.99. The lowest BCUT2D eigenvalue weighted by atomic mass is 10.2. The van der Waals surface area contributed by atoms with Crippen LogP contribution in [0.2, 0.25) is 0 Å². The van der Waals surface area contributed by atoms with Crippen LogP contribution in [0.15, 0.2) is 12.1 Å². The molecule has 1 N–H and O–H groups in total. The van der Waals surface area contributed by atoms with Crippen molar-refractivity contribution >= 4 is 28.3 Å². The first kappa shape index (κ1) is 9.73. The second-order valence-electron chi connectivity index (χ2n) is 2.16. The van der Waals surface area contributed by atoms with Crippen LogP contribution in [0.4, 0.5) is 5.69 Å². The van der Waals surface area contributed by atoms with Crippen LogP contribution in [0.1, 0.15) is 5.56 Å². The summed E-state index contributed by atoms with van der Waals surface area (Å²) in [5, 5.41) is 28.1. The Bertz CT molecular complexity index is 411. The number of phenolic OH excluding ortho intramolecular Hbond substituents is 1. The number of benzene rings is 1. The second-order valence-corrected chi connectivity index (χ2v) is 3.24. The summed E-state index contributed by atoms with van der Waals surface area (Å²) < 4.78 is 0.203.